The molecule has 1 N–H and O–H groups in total. The molecule has 0 amide bonds. The molecule has 78 valence electrons. The van der Waals surface area contributed by atoms with Gasteiger partial charge in [0, 0.05) is 24.9 Å². The van der Waals surface area contributed by atoms with Crippen molar-refractivity contribution in [1.29, 1.82) is 0 Å². The first kappa shape index (κ1) is 9.71. The zero-order valence-electron chi connectivity index (χ0n) is 8.87. The first-order valence-electron chi connectivity index (χ1n) is 5.59. The summed E-state index contributed by atoms with van der Waals surface area (Å²) in [4.78, 5) is 0. The van der Waals surface area contributed by atoms with Gasteiger partial charge in [0.1, 0.15) is 0 Å². The van der Waals surface area contributed by atoms with Crippen LogP contribution in [0.2, 0.25) is 0 Å². The second kappa shape index (κ2) is 4.60. The lowest BCUT2D eigenvalue weighted by molar-refractivity contribution is 0.448. The van der Waals surface area contributed by atoms with Gasteiger partial charge in [0.15, 0.2) is 0 Å². The number of rotatable bonds is 4. The van der Waals surface area contributed by atoms with E-state index in [0.717, 1.165) is 13.0 Å². The van der Waals surface area contributed by atoms with Gasteiger partial charge in [-0.2, -0.15) is 5.10 Å². The van der Waals surface area contributed by atoms with Crippen molar-refractivity contribution in [3.8, 4) is 0 Å². The summed E-state index contributed by atoms with van der Waals surface area (Å²) < 4.78 is 2.24. The van der Waals surface area contributed by atoms with Crippen LogP contribution in [-0.4, -0.2) is 23.4 Å². The molecule has 0 aromatic carbocycles. The van der Waals surface area contributed by atoms with Crippen molar-refractivity contribution in [2.24, 2.45) is 0 Å². The number of hydrogen-bond donors (Lipinski definition) is 1. The largest absolute Gasteiger partial charge is 0.319 e. The molecule has 1 aliphatic rings. The molecule has 0 aliphatic heterocycles. The van der Waals surface area contributed by atoms with Crippen molar-refractivity contribution >= 4 is 0 Å². The molecule has 0 spiro atoms. The maximum absolute atomic E-state index is 4.44. The Kier molecular flexibility index (Phi) is 3.19. The van der Waals surface area contributed by atoms with Crippen LogP contribution >= 0.6 is 0 Å². The Balaban J connectivity index is 2.04. The highest BCUT2D eigenvalue weighted by Crippen LogP contribution is 2.29. The molecule has 1 aromatic heterocycles. The molecule has 0 unspecified atom stereocenters. The van der Waals surface area contributed by atoms with Crippen molar-refractivity contribution in [2.75, 3.05) is 13.6 Å². The highest BCUT2D eigenvalue weighted by atomic mass is 15.3. The normalized spacial score (nSPS) is 17.8. The SMILES string of the molecule is CNCCc1ccnn1C1CCCC1. The summed E-state index contributed by atoms with van der Waals surface area (Å²) in [6, 6.07) is 2.83. The third kappa shape index (κ3) is 1.98. The minimum atomic E-state index is 0.678. The van der Waals surface area contributed by atoms with Gasteiger partial charge in [-0.3, -0.25) is 4.68 Å². The van der Waals surface area contributed by atoms with Crippen LogP contribution in [0.1, 0.15) is 37.4 Å². The van der Waals surface area contributed by atoms with E-state index in [1.807, 2.05) is 13.2 Å². The maximum atomic E-state index is 4.44. The van der Waals surface area contributed by atoms with E-state index in [1.165, 1.54) is 31.4 Å². The van der Waals surface area contributed by atoms with Gasteiger partial charge >= 0.3 is 0 Å². The van der Waals surface area contributed by atoms with Crippen molar-refractivity contribution in [3.05, 3.63) is 18.0 Å². The lowest BCUT2D eigenvalue weighted by atomic mass is 10.2. The minimum absolute atomic E-state index is 0.678. The Hall–Kier alpha value is -0.830. The molecule has 0 atom stereocenters. The lowest BCUT2D eigenvalue weighted by Gasteiger charge is -2.13. The van der Waals surface area contributed by atoms with Crippen molar-refractivity contribution in [1.82, 2.24) is 15.1 Å². The van der Waals surface area contributed by atoms with Gasteiger partial charge in [-0.05, 0) is 26.0 Å². The van der Waals surface area contributed by atoms with Crippen molar-refractivity contribution < 1.29 is 0 Å². The van der Waals surface area contributed by atoms with E-state index in [4.69, 9.17) is 0 Å². The molecule has 1 fully saturated rings. The second-order valence-corrected chi connectivity index (χ2v) is 4.06. The fourth-order valence-corrected chi connectivity index (χ4v) is 2.27. The molecule has 14 heavy (non-hydrogen) atoms. The lowest BCUT2D eigenvalue weighted by Crippen LogP contribution is -2.16. The quantitative estimate of drug-likeness (QED) is 0.789. The summed E-state index contributed by atoms with van der Waals surface area (Å²) in [5.41, 5.74) is 1.38. The molecule has 1 aliphatic carbocycles. The number of hydrogen-bond acceptors (Lipinski definition) is 2. The predicted octanol–water partition coefficient (Wildman–Crippen LogP) is 1.76. The summed E-state index contributed by atoms with van der Waals surface area (Å²) in [6.07, 6.45) is 8.39. The Bertz CT molecular complexity index is 274. The van der Waals surface area contributed by atoms with Gasteiger partial charge < -0.3 is 5.32 Å². The average Bonchev–Trinajstić information content (AvgIpc) is 2.84. The third-order valence-electron chi connectivity index (χ3n) is 3.05. The van der Waals surface area contributed by atoms with E-state index >= 15 is 0 Å². The van der Waals surface area contributed by atoms with Crippen LogP contribution in [0.5, 0.6) is 0 Å². The number of likely N-dealkylation sites (N-methyl/N-ethyl adjacent to an activating group) is 1. The molecule has 1 heterocycles. The van der Waals surface area contributed by atoms with Gasteiger partial charge in [0.05, 0.1) is 6.04 Å². The van der Waals surface area contributed by atoms with Gasteiger partial charge in [-0.15, -0.1) is 0 Å². The van der Waals surface area contributed by atoms with E-state index < -0.39 is 0 Å². The summed E-state index contributed by atoms with van der Waals surface area (Å²) in [5.74, 6) is 0. The van der Waals surface area contributed by atoms with Gasteiger partial charge in [0.25, 0.3) is 0 Å². The van der Waals surface area contributed by atoms with Gasteiger partial charge in [-0.25, -0.2) is 0 Å². The first-order chi connectivity index (χ1) is 6.92. The number of aromatic nitrogens is 2. The van der Waals surface area contributed by atoms with Crippen LogP contribution in [0.4, 0.5) is 0 Å². The van der Waals surface area contributed by atoms with Gasteiger partial charge in [-0.1, -0.05) is 12.8 Å². The second-order valence-electron chi connectivity index (χ2n) is 4.06. The van der Waals surface area contributed by atoms with E-state index in [9.17, 15) is 0 Å². The fourth-order valence-electron chi connectivity index (χ4n) is 2.27. The van der Waals surface area contributed by atoms with Crippen LogP contribution in [0.15, 0.2) is 12.3 Å². The molecular weight excluding hydrogens is 174 g/mol. The van der Waals surface area contributed by atoms with Crippen LogP contribution in [-0.2, 0) is 6.42 Å². The molecule has 0 bridgehead atoms. The summed E-state index contributed by atoms with van der Waals surface area (Å²) in [6.45, 7) is 1.04. The molecule has 0 saturated heterocycles. The molecule has 2 rings (SSSR count). The Morgan fingerprint density at radius 3 is 3.00 bits per heavy atom. The minimum Gasteiger partial charge on any atom is -0.319 e. The molecule has 1 saturated carbocycles. The van der Waals surface area contributed by atoms with E-state index in [-0.39, 0.29) is 0 Å². The molecule has 3 heteroatoms. The van der Waals surface area contributed by atoms with Crippen molar-refractivity contribution in [2.45, 2.75) is 38.1 Å². The highest BCUT2D eigenvalue weighted by Gasteiger charge is 2.19. The number of nitrogens with one attached hydrogen (secondary N) is 1. The fraction of sp³-hybridized carbons (Fsp3) is 0.727. The van der Waals surface area contributed by atoms with Crippen molar-refractivity contribution in [3.63, 3.8) is 0 Å². The topological polar surface area (TPSA) is 29.9 Å². The standard InChI is InChI=1S/C11H19N3/c1-12-8-6-11-7-9-13-14(11)10-4-2-3-5-10/h7,9-10,12H,2-6,8H2,1H3. The summed E-state index contributed by atoms with van der Waals surface area (Å²) in [7, 11) is 2.00. The van der Waals surface area contributed by atoms with E-state index in [0.29, 0.717) is 6.04 Å². The van der Waals surface area contributed by atoms with Crippen LogP contribution in [0.25, 0.3) is 0 Å². The maximum Gasteiger partial charge on any atom is 0.0522 e. The zero-order chi connectivity index (χ0) is 9.80. The van der Waals surface area contributed by atoms with Gasteiger partial charge in [0.2, 0.25) is 0 Å². The Morgan fingerprint density at radius 2 is 2.29 bits per heavy atom. The molecular formula is C11H19N3. The Labute approximate surface area is 85.5 Å². The van der Waals surface area contributed by atoms with E-state index in [1.54, 1.807) is 0 Å². The molecule has 1 aromatic rings. The zero-order valence-corrected chi connectivity index (χ0v) is 8.87. The Morgan fingerprint density at radius 1 is 1.50 bits per heavy atom. The smallest absolute Gasteiger partial charge is 0.0522 e. The third-order valence-corrected chi connectivity index (χ3v) is 3.05. The monoisotopic (exact) mass is 193 g/mol. The average molecular weight is 193 g/mol. The molecule has 0 radical (unpaired) electrons. The summed E-state index contributed by atoms with van der Waals surface area (Å²) >= 11 is 0. The molecule has 3 nitrogen and oxygen atoms in total. The first-order valence-corrected chi connectivity index (χ1v) is 5.59. The van der Waals surface area contributed by atoms with Crippen LogP contribution in [0.3, 0.4) is 0 Å². The highest BCUT2D eigenvalue weighted by molar-refractivity contribution is 5.03. The van der Waals surface area contributed by atoms with E-state index in [2.05, 4.69) is 21.2 Å². The number of nitrogens with zero attached hydrogens (tertiary/aromatic N) is 2. The van der Waals surface area contributed by atoms with Crippen LogP contribution < -0.4 is 5.32 Å². The predicted molar refractivity (Wildman–Crippen MR) is 57.4 cm³/mol. The van der Waals surface area contributed by atoms with Crippen LogP contribution in [0, 0.1) is 0 Å². The summed E-state index contributed by atoms with van der Waals surface area (Å²) in [5, 5.41) is 7.62.